The molecular formula is C15H28BrN5. The van der Waals surface area contributed by atoms with Gasteiger partial charge in [0.1, 0.15) is 0 Å². The van der Waals surface area contributed by atoms with E-state index in [1.54, 1.807) is 0 Å². The first kappa shape index (κ1) is 16.9. The van der Waals surface area contributed by atoms with Crippen molar-refractivity contribution in [3.8, 4) is 0 Å². The first-order chi connectivity index (χ1) is 10.1. The van der Waals surface area contributed by atoms with Crippen LogP contribution in [0.1, 0.15) is 32.0 Å². The van der Waals surface area contributed by atoms with Gasteiger partial charge in [0.05, 0.1) is 22.4 Å². The van der Waals surface area contributed by atoms with E-state index in [2.05, 4.69) is 68.8 Å². The molecule has 21 heavy (non-hydrogen) atoms. The molecule has 0 saturated carbocycles. The Kier molecular flexibility index (Phi) is 6.22. The highest BCUT2D eigenvalue weighted by atomic mass is 79.9. The third-order valence-electron chi connectivity index (χ3n) is 4.35. The molecular weight excluding hydrogens is 330 g/mol. The molecule has 0 bridgehead atoms. The molecule has 1 aliphatic rings. The molecule has 1 aromatic heterocycles. The molecule has 0 spiro atoms. The topological polar surface area (TPSA) is 36.3 Å². The van der Waals surface area contributed by atoms with E-state index >= 15 is 0 Å². The van der Waals surface area contributed by atoms with Crippen LogP contribution in [0.15, 0.2) is 10.7 Å². The van der Waals surface area contributed by atoms with Gasteiger partial charge < -0.3 is 15.1 Å². The normalized spacial score (nSPS) is 23.2. The molecule has 2 unspecified atom stereocenters. The van der Waals surface area contributed by atoms with Gasteiger partial charge in [-0.3, -0.25) is 4.68 Å². The summed E-state index contributed by atoms with van der Waals surface area (Å²) in [6.07, 6.45) is 3.15. The highest BCUT2D eigenvalue weighted by Gasteiger charge is 2.32. The Balaban J connectivity index is 2.34. The quantitative estimate of drug-likeness (QED) is 0.873. The molecule has 5 nitrogen and oxygen atoms in total. The van der Waals surface area contributed by atoms with Crippen molar-refractivity contribution in [3.63, 3.8) is 0 Å². The monoisotopic (exact) mass is 357 g/mol. The average molecular weight is 358 g/mol. The minimum absolute atomic E-state index is 0.289. The second-order valence-electron chi connectivity index (χ2n) is 5.89. The smallest absolute Gasteiger partial charge is 0.0712 e. The summed E-state index contributed by atoms with van der Waals surface area (Å²) in [5.41, 5.74) is 1.27. The van der Waals surface area contributed by atoms with Gasteiger partial charge in [0.15, 0.2) is 0 Å². The molecule has 0 amide bonds. The summed E-state index contributed by atoms with van der Waals surface area (Å²) >= 11 is 3.69. The van der Waals surface area contributed by atoms with Gasteiger partial charge in [-0.1, -0.05) is 6.92 Å². The van der Waals surface area contributed by atoms with Crippen LogP contribution in [-0.2, 0) is 6.54 Å². The maximum Gasteiger partial charge on any atom is 0.0712 e. The summed E-state index contributed by atoms with van der Waals surface area (Å²) in [4.78, 5) is 4.94. The van der Waals surface area contributed by atoms with E-state index in [1.807, 2.05) is 6.20 Å². The maximum atomic E-state index is 4.50. The molecule has 1 fully saturated rings. The third-order valence-corrected chi connectivity index (χ3v) is 4.96. The van der Waals surface area contributed by atoms with Crippen LogP contribution in [0.5, 0.6) is 0 Å². The van der Waals surface area contributed by atoms with Crippen LogP contribution >= 0.6 is 15.9 Å². The molecule has 0 aliphatic carbocycles. The van der Waals surface area contributed by atoms with Gasteiger partial charge in [0.2, 0.25) is 0 Å². The maximum absolute atomic E-state index is 4.50. The van der Waals surface area contributed by atoms with E-state index in [1.165, 1.54) is 18.7 Å². The number of hydrogen-bond donors (Lipinski definition) is 1. The Bertz CT molecular complexity index is 447. The van der Waals surface area contributed by atoms with Crippen molar-refractivity contribution in [1.82, 2.24) is 24.9 Å². The predicted molar refractivity (Wildman–Crippen MR) is 90.6 cm³/mol. The Labute approximate surface area is 136 Å². The van der Waals surface area contributed by atoms with Crippen molar-refractivity contribution in [2.45, 2.75) is 38.9 Å². The molecule has 0 radical (unpaired) electrons. The van der Waals surface area contributed by atoms with Crippen LogP contribution in [0, 0.1) is 0 Å². The average Bonchev–Trinajstić information content (AvgIpc) is 2.74. The Morgan fingerprint density at radius 3 is 2.81 bits per heavy atom. The van der Waals surface area contributed by atoms with Gasteiger partial charge in [-0.15, -0.1) is 0 Å². The largest absolute Gasteiger partial charge is 0.308 e. The van der Waals surface area contributed by atoms with Crippen molar-refractivity contribution in [1.29, 1.82) is 0 Å². The first-order valence-electron chi connectivity index (χ1n) is 7.91. The zero-order valence-corrected chi connectivity index (χ0v) is 15.2. The lowest BCUT2D eigenvalue weighted by atomic mass is 10.0. The van der Waals surface area contributed by atoms with E-state index in [9.17, 15) is 0 Å². The van der Waals surface area contributed by atoms with Gasteiger partial charge in [-0.05, 0) is 63.0 Å². The summed E-state index contributed by atoms with van der Waals surface area (Å²) in [5.74, 6) is 0. The van der Waals surface area contributed by atoms with Crippen LogP contribution in [0.3, 0.4) is 0 Å². The van der Waals surface area contributed by atoms with E-state index in [0.29, 0.717) is 6.04 Å². The molecule has 1 aromatic rings. The number of nitrogens with one attached hydrogen (secondary N) is 1. The van der Waals surface area contributed by atoms with Gasteiger partial charge in [0, 0.05) is 19.1 Å². The molecule has 1 aliphatic heterocycles. The Morgan fingerprint density at radius 1 is 1.38 bits per heavy atom. The van der Waals surface area contributed by atoms with Crippen molar-refractivity contribution in [3.05, 3.63) is 16.4 Å². The van der Waals surface area contributed by atoms with E-state index in [4.69, 9.17) is 0 Å². The molecule has 2 atom stereocenters. The number of nitrogens with zero attached hydrogens (tertiary/aromatic N) is 4. The highest BCUT2D eigenvalue weighted by Crippen LogP contribution is 2.29. The number of rotatable bonds is 5. The standard InChI is InChI=1S/C15H28BrN5/c1-5-17-14(15-12(16)10-18-21(15)6-2)13-11-19(3)8-7-9-20(13)4/h10,13-14,17H,5-9,11H2,1-4H3. The molecule has 2 heterocycles. The second kappa shape index (κ2) is 7.72. The zero-order valence-electron chi connectivity index (χ0n) is 13.6. The fourth-order valence-electron chi connectivity index (χ4n) is 3.23. The summed E-state index contributed by atoms with van der Waals surface area (Å²) in [7, 11) is 4.47. The first-order valence-corrected chi connectivity index (χ1v) is 8.71. The van der Waals surface area contributed by atoms with E-state index in [0.717, 1.165) is 30.7 Å². The predicted octanol–water partition coefficient (Wildman–Crippen LogP) is 1.95. The number of aromatic nitrogens is 2. The molecule has 6 heteroatoms. The second-order valence-corrected chi connectivity index (χ2v) is 6.75. The van der Waals surface area contributed by atoms with Gasteiger partial charge in [-0.25, -0.2) is 0 Å². The minimum atomic E-state index is 0.289. The van der Waals surface area contributed by atoms with E-state index < -0.39 is 0 Å². The number of aryl methyl sites for hydroxylation is 1. The van der Waals surface area contributed by atoms with Crippen LogP contribution < -0.4 is 5.32 Å². The Morgan fingerprint density at radius 2 is 2.14 bits per heavy atom. The summed E-state index contributed by atoms with van der Waals surface area (Å²) in [6.45, 7) is 9.58. The fourth-order valence-corrected chi connectivity index (χ4v) is 3.78. The number of halogens is 1. The van der Waals surface area contributed by atoms with Crippen molar-refractivity contribution in [2.75, 3.05) is 40.3 Å². The summed E-state index contributed by atoms with van der Waals surface area (Å²) in [6, 6.07) is 0.744. The van der Waals surface area contributed by atoms with Crippen LogP contribution in [0.2, 0.25) is 0 Å². The molecule has 0 aromatic carbocycles. The zero-order chi connectivity index (χ0) is 15.4. The minimum Gasteiger partial charge on any atom is -0.308 e. The SMILES string of the molecule is CCNC(c1c(Br)cnn1CC)C1CN(C)CCCN1C. The van der Waals surface area contributed by atoms with Crippen molar-refractivity contribution < 1.29 is 0 Å². The summed E-state index contributed by atoms with van der Waals surface area (Å²) in [5, 5.41) is 8.19. The fraction of sp³-hybridized carbons (Fsp3) is 0.800. The molecule has 2 rings (SSSR count). The lowest BCUT2D eigenvalue weighted by molar-refractivity contribution is 0.174. The van der Waals surface area contributed by atoms with Crippen molar-refractivity contribution in [2.24, 2.45) is 0 Å². The van der Waals surface area contributed by atoms with Gasteiger partial charge in [-0.2, -0.15) is 5.10 Å². The molecule has 1 N–H and O–H groups in total. The van der Waals surface area contributed by atoms with Gasteiger partial charge in [0.25, 0.3) is 0 Å². The third kappa shape index (κ3) is 3.86. The Hall–Kier alpha value is -0.430. The number of hydrogen-bond acceptors (Lipinski definition) is 4. The molecule has 1 saturated heterocycles. The van der Waals surface area contributed by atoms with Crippen LogP contribution in [-0.4, -0.2) is 65.9 Å². The van der Waals surface area contributed by atoms with E-state index in [-0.39, 0.29) is 6.04 Å². The van der Waals surface area contributed by atoms with Crippen LogP contribution in [0.4, 0.5) is 0 Å². The molecule has 120 valence electrons. The highest BCUT2D eigenvalue weighted by molar-refractivity contribution is 9.10. The van der Waals surface area contributed by atoms with Crippen molar-refractivity contribution >= 4 is 15.9 Å². The van der Waals surface area contributed by atoms with Gasteiger partial charge >= 0.3 is 0 Å². The lowest BCUT2D eigenvalue weighted by Gasteiger charge is -2.35. The lowest BCUT2D eigenvalue weighted by Crippen LogP contribution is -2.47. The summed E-state index contributed by atoms with van der Waals surface area (Å²) < 4.78 is 3.21. The van der Waals surface area contributed by atoms with Crippen LogP contribution in [0.25, 0.3) is 0 Å². The number of likely N-dealkylation sites (N-methyl/N-ethyl adjacent to an activating group) is 3.